The summed E-state index contributed by atoms with van der Waals surface area (Å²) in [4.78, 5) is 20.1. The van der Waals surface area contributed by atoms with E-state index in [1.807, 2.05) is 35.2 Å². The lowest BCUT2D eigenvalue weighted by molar-refractivity contribution is -0.122. The first-order chi connectivity index (χ1) is 12.7. The number of ether oxygens (including phenoxy) is 1. The van der Waals surface area contributed by atoms with Gasteiger partial charge in [0.15, 0.2) is 5.17 Å². The Morgan fingerprint density at radius 1 is 1.23 bits per heavy atom. The van der Waals surface area contributed by atoms with Crippen molar-refractivity contribution in [3.05, 3.63) is 47.4 Å². The van der Waals surface area contributed by atoms with Crippen LogP contribution >= 0.6 is 11.8 Å². The Hall–Kier alpha value is -2.01. The summed E-state index contributed by atoms with van der Waals surface area (Å²) >= 11 is 1.47. The molecule has 1 aromatic carbocycles. The smallest absolute Gasteiger partial charge is 0.266 e. The normalized spacial score (nSPS) is 17.3. The minimum atomic E-state index is 0.0391. The van der Waals surface area contributed by atoms with Crippen LogP contribution in [0, 0.1) is 0 Å². The number of carbonyl (C=O) groups excluding carboxylic acids is 1. The fourth-order valence-electron chi connectivity index (χ4n) is 2.49. The van der Waals surface area contributed by atoms with Gasteiger partial charge in [0.05, 0.1) is 4.91 Å². The fourth-order valence-corrected chi connectivity index (χ4v) is 3.51. The van der Waals surface area contributed by atoms with Gasteiger partial charge in [0.1, 0.15) is 12.4 Å². The van der Waals surface area contributed by atoms with Gasteiger partial charge in [0, 0.05) is 18.7 Å². The lowest BCUT2D eigenvalue weighted by atomic mass is 10.2. The van der Waals surface area contributed by atoms with Gasteiger partial charge in [-0.15, -0.1) is 0 Å². The zero-order valence-electron chi connectivity index (χ0n) is 15.7. The van der Waals surface area contributed by atoms with Gasteiger partial charge in [-0.05, 0) is 36.7 Å². The van der Waals surface area contributed by atoms with Crippen LogP contribution in [-0.4, -0.2) is 35.7 Å². The van der Waals surface area contributed by atoms with Crippen molar-refractivity contribution in [1.29, 1.82) is 0 Å². The molecule has 5 heteroatoms. The molecule has 0 radical (unpaired) electrons. The molecule has 1 heterocycles. The predicted octanol–water partition coefficient (Wildman–Crippen LogP) is 5.12. The Morgan fingerprint density at radius 2 is 2.00 bits per heavy atom. The molecule has 0 unspecified atom stereocenters. The molecule has 0 bridgehead atoms. The zero-order chi connectivity index (χ0) is 18.8. The number of aliphatic imine (C=N–C) groups is 1. The molecule has 0 spiro atoms. The average Bonchev–Trinajstić information content (AvgIpc) is 2.94. The van der Waals surface area contributed by atoms with Crippen molar-refractivity contribution in [1.82, 2.24) is 4.90 Å². The van der Waals surface area contributed by atoms with Crippen LogP contribution in [0.4, 0.5) is 0 Å². The number of unbranched alkanes of at least 4 members (excludes halogenated alkanes) is 2. The monoisotopic (exact) mass is 372 g/mol. The van der Waals surface area contributed by atoms with E-state index in [9.17, 15) is 4.79 Å². The number of hydrogen-bond donors (Lipinski definition) is 0. The molecular weight excluding hydrogens is 344 g/mol. The molecule has 140 valence electrons. The summed E-state index contributed by atoms with van der Waals surface area (Å²) in [5, 5.41) is 0.827. The Kier molecular flexibility index (Phi) is 8.48. The Morgan fingerprint density at radius 3 is 2.73 bits per heavy atom. The van der Waals surface area contributed by atoms with Crippen molar-refractivity contribution in [3.8, 4) is 5.75 Å². The van der Waals surface area contributed by atoms with Crippen molar-refractivity contribution in [2.75, 3.05) is 19.7 Å². The van der Waals surface area contributed by atoms with Crippen LogP contribution in [0.1, 0.15) is 45.1 Å². The molecule has 1 fully saturated rings. The molecule has 0 saturated carbocycles. The largest absolute Gasteiger partial charge is 0.489 e. The Balaban J connectivity index is 2.26. The summed E-state index contributed by atoms with van der Waals surface area (Å²) in [6.45, 7) is 9.88. The summed E-state index contributed by atoms with van der Waals surface area (Å²) in [6.07, 6.45) is 7.79. The van der Waals surface area contributed by atoms with E-state index in [1.54, 1.807) is 6.08 Å². The van der Waals surface area contributed by atoms with E-state index in [-0.39, 0.29) is 5.91 Å². The number of nitrogens with zero attached hydrogens (tertiary/aromatic N) is 2. The minimum absolute atomic E-state index is 0.0391. The number of benzene rings is 1. The molecule has 1 aromatic rings. The summed E-state index contributed by atoms with van der Waals surface area (Å²) in [5.74, 6) is 0.794. The highest BCUT2D eigenvalue weighted by molar-refractivity contribution is 8.18. The first kappa shape index (κ1) is 20.3. The number of hydrogen-bond acceptors (Lipinski definition) is 4. The van der Waals surface area contributed by atoms with E-state index in [2.05, 4.69) is 25.4 Å². The van der Waals surface area contributed by atoms with Crippen LogP contribution in [0.25, 0.3) is 6.08 Å². The number of para-hydroxylation sites is 1. The van der Waals surface area contributed by atoms with Gasteiger partial charge < -0.3 is 4.74 Å². The second-order valence-electron chi connectivity index (χ2n) is 6.08. The number of rotatable bonds is 10. The number of thioether (sulfide) groups is 1. The van der Waals surface area contributed by atoms with Gasteiger partial charge in [0.25, 0.3) is 5.91 Å². The van der Waals surface area contributed by atoms with Crippen molar-refractivity contribution in [2.45, 2.75) is 39.5 Å². The molecular formula is C21H28N2O2S. The topological polar surface area (TPSA) is 41.9 Å². The molecule has 1 saturated heterocycles. The highest BCUT2D eigenvalue weighted by atomic mass is 32.2. The molecule has 0 aromatic heterocycles. The van der Waals surface area contributed by atoms with Gasteiger partial charge >= 0.3 is 0 Å². The SMILES string of the molecule is C=CCOc1ccccc1C=C1SC(=NCCCC)N(CCCC)C1=O. The lowest BCUT2D eigenvalue weighted by Gasteiger charge is -2.14. The lowest BCUT2D eigenvalue weighted by Crippen LogP contribution is -2.30. The van der Waals surface area contributed by atoms with Gasteiger partial charge in [-0.2, -0.15) is 0 Å². The quantitative estimate of drug-likeness (QED) is 0.325. The zero-order valence-corrected chi connectivity index (χ0v) is 16.6. The van der Waals surface area contributed by atoms with E-state index < -0.39 is 0 Å². The van der Waals surface area contributed by atoms with E-state index in [4.69, 9.17) is 4.74 Å². The van der Waals surface area contributed by atoms with Crippen molar-refractivity contribution >= 4 is 28.9 Å². The maximum Gasteiger partial charge on any atom is 0.266 e. The summed E-state index contributed by atoms with van der Waals surface area (Å²) in [7, 11) is 0. The summed E-state index contributed by atoms with van der Waals surface area (Å²) < 4.78 is 5.70. The van der Waals surface area contributed by atoms with Crippen molar-refractivity contribution < 1.29 is 9.53 Å². The second kappa shape index (κ2) is 10.9. The van der Waals surface area contributed by atoms with Gasteiger partial charge in [-0.1, -0.05) is 57.5 Å². The van der Waals surface area contributed by atoms with Crippen LogP contribution in [0.5, 0.6) is 5.75 Å². The van der Waals surface area contributed by atoms with Crippen LogP contribution in [-0.2, 0) is 4.79 Å². The fraction of sp³-hybridized carbons (Fsp3) is 0.429. The van der Waals surface area contributed by atoms with Crippen LogP contribution in [0.2, 0.25) is 0 Å². The maximum atomic E-state index is 12.9. The summed E-state index contributed by atoms with van der Waals surface area (Å²) in [5.41, 5.74) is 0.899. The highest BCUT2D eigenvalue weighted by Crippen LogP contribution is 2.34. The molecule has 0 atom stereocenters. The van der Waals surface area contributed by atoms with E-state index in [0.29, 0.717) is 11.5 Å². The molecule has 26 heavy (non-hydrogen) atoms. The minimum Gasteiger partial charge on any atom is -0.489 e. The third-order valence-electron chi connectivity index (χ3n) is 3.94. The molecule has 0 aliphatic carbocycles. The van der Waals surface area contributed by atoms with Crippen LogP contribution < -0.4 is 4.74 Å². The molecule has 1 aliphatic heterocycles. The van der Waals surface area contributed by atoms with Crippen molar-refractivity contribution in [2.24, 2.45) is 4.99 Å². The Labute approximate surface area is 161 Å². The molecule has 0 N–H and O–H groups in total. The van der Waals surface area contributed by atoms with Crippen molar-refractivity contribution in [3.63, 3.8) is 0 Å². The van der Waals surface area contributed by atoms with Gasteiger partial charge in [-0.3, -0.25) is 14.7 Å². The first-order valence-electron chi connectivity index (χ1n) is 9.29. The standard InChI is InChI=1S/C21H28N2O2S/c1-4-7-13-22-21-23(14-8-5-2)20(24)19(26-21)16-17-11-9-10-12-18(17)25-15-6-3/h6,9-12,16H,3-5,7-8,13-15H2,1-2H3. The molecule has 1 amide bonds. The predicted molar refractivity (Wildman–Crippen MR) is 112 cm³/mol. The highest BCUT2D eigenvalue weighted by Gasteiger charge is 2.32. The van der Waals surface area contributed by atoms with E-state index in [1.165, 1.54) is 11.8 Å². The third-order valence-corrected chi connectivity index (χ3v) is 4.99. The molecule has 1 aliphatic rings. The number of amidine groups is 1. The third kappa shape index (κ3) is 5.49. The van der Waals surface area contributed by atoms with E-state index in [0.717, 1.165) is 55.3 Å². The maximum absolute atomic E-state index is 12.9. The molecule has 2 rings (SSSR count). The average molecular weight is 373 g/mol. The van der Waals surface area contributed by atoms with Gasteiger partial charge in [-0.25, -0.2) is 0 Å². The first-order valence-corrected chi connectivity index (χ1v) is 10.1. The summed E-state index contributed by atoms with van der Waals surface area (Å²) in [6, 6.07) is 7.74. The Bertz CT molecular complexity index is 682. The second-order valence-corrected chi connectivity index (χ2v) is 7.09. The molecule has 4 nitrogen and oxygen atoms in total. The number of carbonyl (C=O) groups is 1. The van der Waals surface area contributed by atoms with Crippen LogP contribution in [0.3, 0.4) is 0 Å². The number of amides is 1. The van der Waals surface area contributed by atoms with Crippen LogP contribution in [0.15, 0.2) is 46.8 Å². The van der Waals surface area contributed by atoms with E-state index >= 15 is 0 Å². The van der Waals surface area contributed by atoms with Gasteiger partial charge in [0.2, 0.25) is 0 Å².